The molecule has 0 radical (unpaired) electrons. The normalized spacial score (nSPS) is 15.4. The topological polar surface area (TPSA) is 23.9 Å². The molecule has 0 saturated heterocycles. The monoisotopic (exact) mass is 407 g/mol. The largest absolute Gasteiger partial charge is 0.310 e. The molecule has 0 fully saturated rings. The van der Waals surface area contributed by atoms with Crippen LogP contribution in [-0.4, -0.2) is 5.71 Å². The highest BCUT2D eigenvalue weighted by molar-refractivity contribution is 5.80. The summed E-state index contributed by atoms with van der Waals surface area (Å²) in [5.41, 5.74) is 7.92. The minimum Gasteiger partial charge on any atom is -0.310 e. The van der Waals surface area contributed by atoms with E-state index in [1.54, 1.807) is 0 Å². The summed E-state index contributed by atoms with van der Waals surface area (Å²) >= 11 is 0. The van der Waals surface area contributed by atoms with E-state index in [1.807, 2.05) is 13.0 Å². The van der Waals surface area contributed by atoms with Gasteiger partial charge in [-0.2, -0.15) is 0 Å². The molecule has 0 aliphatic heterocycles. The van der Waals surface area contributed by atoms with E-state index in [0.29, 0.717) is 17.8 Å². The van der Waals surface area contributed by atoms with Crippen molar-refractivity contribution in [2.24, 2.45) is 17.8 Å². The third-order valence-electron chi connectivity index (χ3n) is 6.47. The summed E-state index contributed by atoms with van der Waals surface area (Å²) in [6.45, 7) is 21.7. The predicted molar refractivity (Wildman–Crippen MR) is 136 cm³/mol. The molecule has 3 atom stereocenters. The van der Waals surface area contributed by atoms with E-state index >= 15 is 0 Å². The molecule has 0 spiro atoms. The molecular weight excluding hydrogens is 362 g/mol. The fourth-order valence-electron chi connectivity index (χ4n) is 4.57. The highest BCUT2D eigenvalue weighted by Gasteiger charge is 2.25. The standard InChI is InChI=1S/C29H45N/c1-10-12-27(13-11-2)28(17-15-21(5)25(9)30)24(8)29-22(6)18-26(19-23(29)7)16-14-20(3)4/h10-13,18-21,24,28,30H,1,14-17H2,2-9H3/b13-11-,27-12+,30-25?. The van der Waals surface area contributed by atoms with E-state index in [2.05, 4.69) is 85.4 Å². The Balaban J connectivity index is 3.30. The average molecular weight is 408 g/mol. The Labute approximate surface area is 186 Å². The smallest absolute Gasteiger partial charge is 0.00863 e. The lowest BCUT2D eigenvalue weighted by Gasteiger charge is -2.30. The summed E-state index contributed by atoms with van der Waals surface area (Å²) in [5.74, 6) is 1.90. The molecule has 3 unspecified atom stereocenters. The van der Waals surface area contributed by atoms with E-state index in [1.165, 1.54) is 34.2 Å². The third-order valence-corrected chi connectivity index (χ3v) is 6.47. The Kier molecular flexibility index (Phi) is 11.1. The van der Waals surface area contributed by atoms with Crippen molar-refractivity contribution in [3.05, 3.63) is 70.8 Å². The van der Waals surface area contributed by atoms with E-state index in [0.717, 1.165) is 30.9 Å². The second kappa shape index (κ2) is 12.7. The first kappa shape index (κ1) is 26.1. The minimum atomic E-state index is 0.330. The van der Waals surface area contributed by atoms with Crippen molar-refractivity contribution in [3.8, 4) is 0 Å². The maximum atomic E-state index is 8.00. The van der Waals surface area contributed by atoms with Crippen molar-refractivity contribution in [2.45, 2.75) is 87.0 Å². The maximum Gasteiger partial charge on any atom is 0.00863 e. The van der Waals surface area contributed by atoms with Crippen molar-refractivity contribution in [2.75, 3.05) is 0 Å². The summed E-state index contributed by atoms with van der Waals surface area (Å²) in [5, 5.41) is 8.00. The van der Waals surface area contributed by atoms with Crippen LogP contribution in [0.15, 0.2) is 48.6 Å². The molecule has 0 saturated carbocycles. The second-order valence-corrected chi connectivity index (χ2v) is 9.53. The van der Waals surface area contributed by atoms with Crippen LogP contribution in [0.4, 0.5) is 0 Å². The molecule has 1 aromatic carbocycles. The second-order valence-electron chi connectivity index (χ2n) is 9.53. The Morgan fingerprint density at radius 2 is 1.63 bits per heavy atom. The van der Waals surface area contributed by atoms with Crippen LogP contribution in [0.1, 0.15) is 89.0 Å². The molecule has 0 aliphatic carbocycles. The van der Waals surface area contributed by atoms with Crippen LogP contribution in [-0.2, 0) is 6.42 Å². The number of allylic oxidation sites excluding steroid dienone is 5. The van der Waals surface area contributed by atoms with Crippen molar-refractivity contribution in [3.63, 3.8) is 0 Å². The van der Waals surface area contributed by atoms with Crippen LogP contribution in [0.3, 0.4) is 0 Å². The Hall–Kier alpha value is -1.89. The van der Waals surface area contributed by atoms with Crippen LogP contribution < -0.4 is 0 Å². The van der Waals surface area contributed by atoms with Gasteiger partial charge in [-0.1, -0.05) is 70.7 Å². The van der Waals surface area contributed by atoms with Crippen LogP contribution in [0.25, 0.3) is 0 Å². The van der Waals surface area contributed by atoms with Crippen molar-refractivity contribution in [1.82, 2.24) is 0 Å². The van der Waals surface area contributed by atoms with Gasteiger partial charge in [0.25, 0.3) is 0 Å². The minimum absolute atomic E-state index is 0.330. The molecule has 1 N–H and O–H groups in total. The first-order chi connectivity index (χ1) is 14.1. The first-order valence-corrected chi connectivity index (χ1v) is 11.7. The molecule has 0 aromatic heterocycles. The Bertz CT molecular complexity index is 740. The summed E-state index contributed by atoms with van der Waals surface area (Å²) in [6, 6.07) is 4.82. The molecule has 1 heteroatoms. The van der Waals surface area contributed by atoms with Crippen molar-refractivity contribution >= 4 is 5.71 Å². The van der Waals surface area contributed by atoms with E-state index < -0.39 is 0 Å². The fourth-order valence-corrected chi connectivity index (χ4v) is 4.57. The van der Waals surface area contributed by atoms with Gasteiger partial charge in [0.1, 0.15) is 0 Å². The molecule has 0 heterocycles. The van der Waals surface area contributed by atoms with Gasteiger partial charge in [-0.05, 0) is 105 Å². The molecule has 1 nitrogen and oxygen atoms in total. The molecule has 1 aromatic rings. The average Bonchev–Trinajstić information content (AvgIpc) is 2.66. The highest BCUT2D eigenvalue weighted by atomic mass is 14.4. The van der Waals surface area contributed by atoms with Crippen LogP contribution in [0, 0.1) is 37.0 Å². The number of benzene rings is 1. The maximum absolute atomic E-state index is 8.00. The lowest BCUT2D eigenvalue weighted by atomic mass is 9.75. The molecule has 166 valence electrons. The van der Waals surface area contributed by atoms with E-state index in [9.17, 15) is 0 Å². The van der Waals surface area contributed by atoms with Crippen molar-refractivity contribution in [1.29, 1.82) is 5.41 Å². The molecule has 30 heavy (non-hydrogen) atoms. The van der Waals surface area contributed by atoms with Gasteiger partial charge >= 0.3 is 0 Å². The van der Waals surface area contributed by atoms with Gasteiger partial charge < -0.3 is 5.41 Å². The lowest BCUT2D eigenvalue weighted by molar-refractivity contribution is 0.445. The summed E-state index contributed by atoms with van der Waals surface area (Å²) in [6.07, 6.45) is 13.0. The first-order valence-electron chi connectivity index (χ1n) is 11.7. The predicted octanol–water partition coefficient (Wildman–Crippen LogP) is 8.76. The van der Waals surface area contributed by atoms with Gasteiger partial charge in [-0.3, -0.25) is 0 Å². The summed E-state index contributed by atoms with van der Waals surface area (Å²) in [7, 11) is 0. The Morgan fingerprint density at radius 1 is 1.03 bits per heavy atom. The van der Waals surface area contributed by atoms with Gasteiger partial charge in [-0.25, -0.2) is 0 Å². The van der Waals surface area contributed by atoms with E-state index in [4.69, 9.17) is 5.41 Å². The van der Waals surface area contributed by atoms with Gasteiger partial charge in [0.05, 0.1) is 0 Å². The molecule has 1 rings (SSSR count). The summed E-state index contributed by atoms with van der Waals surface area (Å²) in [4.78, 5) is 0. The van der Waals surface area contributed by atoms with Crippen LogP contribution in [0.5, 0.6) is 0 Å². The molecule has 0 aliphatic rings. The quantitative estimate of drug-likeness (QED) is 0.264. The van der Waals surface area contributed by atoms with E-state index in [-0.39, 0.29) is 0 Å². The number of nitrogens with one attached hydrogen (secondary N) is 1. The highest BCUT2D eigenvalue weighted by Crippen LogP contribution is 2.38. The number of hydrogen-bond acceptors (Lipinski definition) is 1. The zero-order valence-electron chi connectivity index (χ0n) is 20.8. The SMILES string of the molecule is C=C/C=C(\C=C/C)C(CCC(C)C(C)=N)C(C)c1c(C)cc(CCC(C)C)cc1C. The third kappa shape index (κ3) is 7.74. The number of hydrogen-bond donors (Lipinski definition) is 1. The summed E-state index contributed by atoms with van der Waals surface area (Å²) < 4.78 is 0. The van der Waals surface area contributed by atoms with Gasteiger partial charge in [0.2, 0.25) is 0 Å². The van der Waals surface area contributed by atoms with Crippen LogP contribution in [0.2, 0.25) is 0 Å². The van der Waals surface area contributed by atoms with Crippen LogP contribution >= 0.6 is 0 Å². The lowest BCUT2D eigenvalue weighted by Crippen LogP contribution is -2.17. The number of rotatable bonds is 12. The zero-order valence-corrected chi connectivity index (χ0v) is 20.8. The Morgan fingerprint density at radius 3 is 2.10 bits per heavy atom. The zero-order chi connectivity index (χ0) is 22.8. The van der Waals surface area contributed by atoms with Gasteiger partial charge in [-0.15, -0.1) is 0 Å². The number of aryl methyl sites for hydroxylation is 3. The van der Waals surface area contributed by atoms with Crippen molar-refractivity contribution < 1.29 is 0 Å². The molecule has 0 bridgehead atoms. The molecular formula is C29H45N. The fraction of sp³-hybridized carbons (Fsp3) is 0.552. The van der Waals surface area contributed by atoms with Gasteiger partial charge in [0.15, 0.2) is 0 Å². The van der Waals surface area contributed by atoms with Gasteiger partial charge in [0, 0.05) is 5.71 Å². The molecule has 0 amide bonds.